The predicted octanol–water partition coefficient (Wildman–Crippen LogP) is 3.70. The van der Waals surface area contributed by atoms with E-state index in [1.165, 1.54) is 0 Å². The Bertz CT molecular complexity index is 542. The maximum Gasteiger partial charge on any atom is 0.145 e. The highest BCUT2D eigenvalue weighted by Crippen LogP contribution is 2.15. The largest absolute Gasteiger partial charge is 0.486 e. The second-order valence-electron chi connectivity index (χ2n) is 4.04. The van der Waals surface area contributed by atoms with Gasteiger partial charge in [0.05, 0.1) is 6.54 Å². The highest BCUT2D eigenvalue weighted by atomic mass is 35.5. The topological polar surface area (TPSA) is 47.6 Å². The van der Waals surface area contributed by atoms with E-state index in [1.54, 1.807) is 24.3 Å². The maximum absolute atomic E-state index is 5.80. The zero-order valence-electron chi connectivity index (χ0n) is 10.8. The van der Waals surface area contributed by atoms with E-state index in [4.69, 9.17) is 22.1 Å². The molecule has 0 aliphatic carbocycles. The van der Waals surface area contributed by atoms with Gasteiger partial charge in [0.15, 0.2) is 0 Å². The van der Waals surface area contributed by atoms with Gasteiger partial charge in [0.25, 0.3) is 0 Å². The van der Waals surface area contributed by atoms with Crippen LogP contribution >= 0.6 is 24.0 Å². The van der Waals surface area contributed by atoms with Crippen LogP contribution in [0.2, 0.25) is 5.02 Å². The van der Waals surface area contributed by atoms with E-state index in [2.05, 4.69) is 4.99 Å². The van der Waals surface area contributed by atoms with Crippen LogP contribution in [-0.2, 0) is 6.54 Å². The zero-order valence-corrected chi connectivity index (χ0v) is 12.4. The minimum Gasteiger partial charge on any atom is -0.486 e. The SMILES string of the molecule is Cl.NC(COc1ccc(Cl)cc1)=NCc1ccccc1. The summed E-state index contributed by atoms with van der Waals surface area (Å²) in [5, 5.41) is 0.679. The Morgan fingerprint density at radius 2 is 1.70 bits per heavy atom. The van der Waals surface area contributed by atoms with Gasteiger partial charge in [-0.2, -0.15) is 0 Å². The van der Waals surface area contributed by atoms with Crippen molar-refractivity contribution in [3.8, 4) is 5.75 Å². The predicted molar refractivity (Wildman–Crippen MR) is 86.0 cm³/mol. The van der Waals surface area contributed by atoms with Gasteiger partial charge in [-0.05, 0) is 29.8 Å². The van der Waals surface area contributed by atoms with Gasteiger partial charge in [-0.1, -0.05) is 41.9 Å². The minimum atomic E-state index is 0. The van der Waals surface area contributed by atoms with Crippen LogP contribution in [0, 0.1) is 0 Å². The lowest BCUT2D eigenvalue weighted by Crippen LogP contribution is -2.21. The Kier molecular flexibility index (Phi) is 6.91. The summed E-state index contributed by atoms with van der Waals surface area (Å²) in [6.07, 6.45) is 0. The van der Waals surface area contributed by atoms with Crippen LogP contribution in [0.3, 0.4) is 0 Å². The highest BCUT2D eigenvalue weighted by molar-refractivity contribution is 6.30. The van der Waals surface area contributed by atoms with E-state index < -0.39 is 0 Å². The van der Waals surface area contributed by atoms with E-state index in [0.29, 0.717) is 17.4 Å². The smallest absolute Gasteiger partial charge is 0.145 e. The van der Waals surface area contributed by atoms with Crippen LogP contribution in [0.25, 0.3) is 0 Å². The Labute approximate surface area is 129 Å². The van der Waals surface area contributed by atoms with Crippen molar-refractivity contribution in [3.63, 3.8) is 0 Å². The number of aliphatic imine (C=N–C) groups is 1. The fraction of sp³-hybridized carbons (Fsp3) is 0.133. The molecule has 0 unspecified atom stereocenters. The molecule has 0 radical (unpaired) electrons. The van der Waals surface area contributed by atoms with Crippen molar-refractivity contribution in [2.24, 2.45) is 10.7 Å². The maximum atomic E-state index is 5.80. The summed E-state index contributed by atoms with van der Waals surface area (Å²) in [5.41, 5.74) is 6.92. The summed E-state index contributed by atoms with van der Waals surface area (Å²) in [5.74, 6) is 1.20. The molecular weight excluding hydrogens is 295 g/mol. The van der Waals surface area contributed by atoms with Gasteiger partial charge in [0, 0.05) is 5.02 Å². The monoisotopic (exact) mass is 310 g/mol. The molecule has 2 aromatic carbocycles. The molecule has 2 aromatic rings. The highest BCUT2D eigenvalue weighted by Gasteiger charge is 1.97. The molecule has 0 aliphatic heterocycles. The molecule has 2 rings (SSSR count). The van der Waals surface area contributed by atoms with E-state index in [9.17, 15) is 0 Å². The van der Waals surface area contributed by atoms with E-state index in [-0.39, 0.29) is 19.0 Å². The van der Waals surface area contributed by atoms with Crippen LogP contribution < -0.4 is 10.5 Å². The number of ether oxygens (including phenoxy) is 1. The van der Waals surface area contributed by atoms with Gasteiger partial charge in [0.2, 0.25) is 0 Å². The van der Waals surface area contributed by atoms with E-state index >= 15 is 0 Å². The third kappa shape index (κ3) is 5.51. The lowest BCUT2D eigenvalue weighted by atomic mass is 10.2. The molecule has 5 heteroatoms. The summed E-state index contributed by atoms with van der Waals surface area (Å²) in [7, 11) is 0. The Hall–Kier alpha value is -1.71. The summed E-state index contributed by atoms with van der Waals surface area (Å²) in [6, 6.07) is 17.1. The summed E-state index contributed by atoms with van der Waals surface area (Å²) in [4.78, 5) is 4.27. The van der Waals surface area contributed by atoms with Gasteiger partial charge < -0.3 is 10.5 Å². The first-order valence-corrected chi connectivity index (χ1v) is 6.33. The lowest BCUT2D eigenvalue weighted by Gasteiger charge is -2.05. The molecule has 0 aromatic heterocycles. The van der Waals surface area contributed by atoms with Crippen molar-refractivity contribution in [2.45, 2.75) is 6.54 Å². The molecule has 0 heterocycles. The second-order valence-corrected chi connectivity index (χ2v) is 4.47. The molecule has 0 atom stereocenters. The van der Waals surface area contributed by atoms with Crippen molar-refractivity contribution in [2.75, 3.05) is 6.61 Å². The molecule has 0 saturated carbocycles. The minimum absolute atomic E-state index is 0. The molecule has 0 saturated heterocycles. The van der Waals surface area contributed by atoms with Gasteiger partial charge in [-0.3, -0.25) is 4.99 Å². The molecule has 106 valence electrons. The first-order valence-electron chi connectivity index (χ1n) is 5.95. The average Bonchev–Trinajstić information content (AvgIpc) is 2.45. The zero-order chi connectivity index (χ0) is 13.5. The number of nitrogens with zero attached hydrogens (tertiary/aromatic N) is 1. The Morgan fingerprint density at radius 1 is 1.05 bits per heavy atom. The van der Waals surface area contributed by atoms with Crippen LogP contribution in [0.5, 0.6) is 5.75 Å². The normalized spacial score (nSPS) is 10.8. The number of amidine groups is 1. The van der Waals surface area contributed by atoms with Crippen molar-refractivity contribution in [1.29, 1.82) is 0 Å². The number of hydrogen-bond donors (Lipinski definition) is 1. The fourth-order valence-electron chi connectivity index (χ4n) is 1.51. The van der Waals surface area contributed by atoms with Crippen molar-refractivity contribution < 1.29 is 4.74 Å². The summed E-state index contributed by atoms with van der Waals surface area (Å²) in [6.45, 7) is 0.838. The van der Waals surface area contributed by atoms with Gasteiger partial charge in [-0.25, -0.2) is 0 Å². The molecule has 0 bridgehead atoms. The average molecular weight is 311 g/mol. The van der Waals surface area contributed by atoms with E-state index in [0.717, 1.165) is 11.3 Å². The molecule has 2 N–H and O–H groups in total. The third-order valence-electron chi connectivity index (χ3n) is 2.51. The van der Waals surface area contributed by atoms with Crippen molar-refractivity contribution in [1.82, 2.24) is 0 Å². The van der Waals surface area contributed by atoms with Crippen LogP contribution in [0.4, 0.5) is 0 Å². The molecule has 0 spiro atoms. The molecular formula is C15H16Cl2N2O. The number of halogens is 2. The Morgan fingerprint density at radius 3 is 2.35 bits per heavy atom. The van der Waals surface area contributed by atoms with Gasteiger partial charge in [-0.15, -0.1) is 12.4 Å². The van der Waals surface area contributed by atoms with Crippen LogP contribution in [0.15, 0.2) is 59.6 Å². The standard InChI is InChI=1S/C15H15ClN2O.ClH/c16-13-6-8-14(9-7-13)19-11-15(17)18-10-12-4-2-1-3-5-12;/h1-9H,10-11H2,(H2,17,18);1H. The first-order chi connectivity index (χ1) is 9.24. The molecule has 0 fully saturated rings. The third-order valence-corrected chi connectivity index (χ3v) is 2.76. The van der Waals surface area contributed by atoms with Crippen molar-refractivity contribution >= 4 is 29.8 Å². The molecule has 0 aliphatic rings. The molecule has 3 nitrogen and oxygen atoms in total. The summed E-state index contributed by atoms with van der Waals surface area (Å²) >= 11 is 5.79. The first kappa shape index (κ1) is 16.3. The number of rotatable bonds is 5. The van der Waals surface area contributed by atoms with Gasteiger partial charge >= 0.3 is 0 Å². The van der Waals surface area contributed by atoms with Crippen LogP contribution in [0.1, 0.15) is 5.56 Å². The van der Waals surface area contributed by atoms with Crippen molar-refractivity contribution in [3.05, 3.63) is 65.2 Å². The quantitative estimate of drug-likeness (QED) is 0.676. The second kappa shape index (κ2) is 8.46. The lowest BCUT2D eigenvalue weighted by molar-refractivity contribution is 0.375. The Balaban J connectivity index is 0.00000200. The molecule has 20 heavy (non-hydrogen) atoms. The fourth-order valence-corrected chi connectivity index (χ4v) is 1.64. The number of nitrogens with two attached hydrogens (primary N) is 1. The summed E-state index contributed by atoms with van der Waals surface area (Å²) < 4.78 is 5.50. The van der Waals surface area contributed by atoms with Gasteiger partial charge in [0.1, 0.15) is 18.2 Å². The van der Waals surface area contributed by atoms with E-state index in [1.807, 2.05) is 30.3 Å². The number of benzene rings is 2. The molecule has 0 amide bonds. The van der Waals surface area contributed by atoms with Crippen LogP contribution in [-0.4, -0.2) is 12.4 Å². The number of hydrogen-bond acceptors (Lipinski definition) is 2.